The van der Waals surface area contributed by atoms with E-state index in [4.69, 9.17) is 9.47 Å². The van der Waals surface area contributed by atoms with Crippen LogP contribution in [0.4, 0.5) is 4.79 Å². The Labute approximate surface area is 160 Å². The van der Waals surface area contributed by atoms with Crippen LogP contribution >= 0.6 is 0 Å². The Kier molecular flexibility index (Phi) is 16.3. The average Bonchev–Trinajstić information content (AvgIpc) is 2.64. The number of carbonyl (C=O) groups is 2. The van der Waals surface area contributed by atoms with E-state index in [0.29, 0.717) is 13.2 Å². The van der Waals surface area contributed by atoms with Crippen molar-refractivity contribution < 1.29 is 19.1 Å². The highest BCUT2D eigenvalue weighted by Gasteiger charge is 2.24. The van der Waals surface area contributed by atoms with Crippen LogP contribution < -0.4 is 0 Å². The summed E-state index contributed by atoms with van der Waals surface area (Å²) >= 11 is 0. The maximum Gasteiger partial charge on any atom is 0.410 e. The van der Waals surface area contributed by atoms with Crippen LogP contribution in [0.5, 0.6) is 0 Å². The first kappa shape index (κ1) is 24.7. The summed E-state index contributed by atoms with van der Waals surface area (Å²) in [5.74, 6) is -0.368. The Bertz CT molecular complexity index is 360. The van der Waals surface area contributed by atoms with E-state index in [1.54, 1.807) is 14.0 Å². The largest absolute Gasteiger partial charge is 0.464 e. The van der Waals surface area contributed by atoms with Gasteiger partial charge in [0, 0.05) is 7.05 Å². The number of carbonyl (C=O) groups excluding carboxylic acids is 2. The van der Waals surface area contributed by atoms with E-state index >= 15 is 0 Å². The van der Waals surface area contributed by atoms with Crippen LogP contribution in [0.3, 0.4) is 0 Å². The predicted molar refractivity (Wildman–Crippen MR) is 106 cm³/mol. The third-order valence-electron chi connectivity index (χ3n) is 4.68. The summed E-state index contributed by atoms with van der Waals surface area (Å²) in [6, 6.07) is -0.618. The van der Waals surface area contributed by atoms with E-state index in [0.717, 1.165) is 38.5 Å². The molecular weight excluding hydrogens is 330 g/mol. The summed E-state index contributed by atoms with van der Waals surface area (Å²) in [4.78, 5) is 25.3. The first-order chi connectivity index (χ1) is 12.5. The van der Waals surface area contributed by atoms with Crippen molar-refractivity contribution in [2.45, 2.75) is 104 Å². The number of ether oxygens (including phenoxy) is 2. The summed E-state index contributed by atoms with van der Waals surface area (Å²) in [7, 11) is 1.58. The molecule has 0 aliphatic carbocycles. The molecule has 0 radical (unpaired) electrons. The maximum atomic E-state index is 12.0. The Morgan fingerprint density at radius 1 is 0.731 bits per heavy atom. The van der Waals surface area contributed by atoms with Crippen LogP contribution in [0.1, 0.15) is 97.8 Å². The van der Waals surface area contributed by atoms with Gasteiger partial charge in [0.2, 0.25) is 0 Å². The molecule has 0 fully saturated rings. The molecule has 0 saturated carbocycles. The van der Waals surface area contributed by atoms with Crippen LogP contribution in [0, 0.1) is 0 Å². The second-order valence-corrected chi connectivity index (χ2v) is 7.10. The van der Waals surface area contributed by atoms with E-state index in [-0.39, 0.29) is 5.97 Å². The number of amides is 1. The highest BCUT2D eigenvalue weighted by Crippen LogP contribution is 2.09. The Morgan fingerprint density at radius 2 is 1.15 bits per heavy atom. The highest BCUT2D eigenvalue weighted by molar-refractivity contribution is 5.80. The first-order valence-corrected chi connectivity index (χ1v) is 10.6. The van der Waals surface area contributed by atoms with Gasteiger partial charge in [0.05, 0.1) is 13.2 Å². The summed E-state index contributed by atoms with van der Waals surface area (Å²) in [5.41, 5.74) is 0. The van der Waals surface area contributed by atoms with E-state index in [1.807, 2.05) is 0 Å². The average molecular weight is 372 g/mol. The topological polar surface area (TPSA) is 55.8 Å². The van der Waals surface area contributed by atoms with Crippen molar-refractivity contribution >= 4 is 12.1 Å². The third kappa shape index (κ3) is 13.0. The van der Waals surface area contributed by atoms with E-state index in [2.05, 4.69) is 13.8 Å². The second-order valence-electron chi connectivity index (χ2n) is 7.10. The first-order valence-electron chi connectivity index (χ1n) is 10.6. The van der Waals surface area contributed by atoms with Gasteiger partial charge in [-0.3, -0.25) is 4.90 Å². The van der Waals surface area contributed by atoms with Crippen molar-refractivity contribution in [1.29, 1.82) is 0 Å². The van der Waals surface area contributed by atoms with Gasteiger partial charge in [-0.1, -0.05) is 78.1 Å². The molecule has 5 heteroatoms. The molecule has 0 rings (SSSR count). The quantitative estimate of drug-likeness (QED) is 0.258. The molecule has 0 N–H and O–H groups in total. The van der Waals surface area contributed by atoms with E-state index in [1.165, 1.54) is 43.4 Å². The molecule has 0 spiro atoms. The normalized spacial score (nSPS) is 11.8. The molecule has 0 aromatic carbocycles. The van der Waals surface area contributed by atoms with Crippen LogP contribution in [0.25, 0.3) is 0 Å². The number of unbranched alkanes of at least 4 members (excludes halogenated alkanes) is 10. The lowest BCUT2D eigenvalue weighted by Crippen LogP contribution is -2.41. The standard InChI is InChI=1S/C21H41NO4/c1-5-7-9-11-12-13-14-16-18-26-21(24)22(4)19(3)20(23)25-17-15-10-8-6-2/h19H,5-18H2,1-4H3. The van der Waals surface area contributed by atoms with Crippen LogP contribution in [-0.4, -0.2) is 43.3 Å². The van der Waals surface area contributed by atoms with Crippen molar-refractivity contribution in [3.05, 3.63) is 0 Å². The molecule has 1 unspecified atom stereocenters. The van der Waals surface area contributed by atoms with E-state index in [9.17, 15) is 9.59 Å². The third-order valence-corrected chi connectivity index (χ3v) is 4.68. The minimum atomic E-state index is -0.618. The predicted octanol–water partition coefficient (Wildman–Crippen LogP) is 5.71. The highest BCUT2D eigenvalue weighted by atomic mass is 16.6. The van der Waals surface area contributed by atoms with Gasteiger partial charge in [0.25, 0.3) is 0 Å². The zero-order valence-electron chi connectivity index (χ0n) is 17.6. The smallest absolute Gasteiger partial charge is 0.410 e. The molecule has 1 amide bonds. The molecule has 26 heavy (non-hydrogen) atoms. The Hall–Kier alpha value is -1.26. The molecule has 5 nitrogen and oxygen atoms in total. The maximum absolute atomic E-state index is 12.0. The second kappa shape index (κ2) is 17.2. The Morgan fingerprint density at radius 3 is 1.69 bits per heavy atom. The molecule has 0 bridgehead atoms. The number of hydrogen-bond donors (Lipinski definition) is 0. The number of rotatable bonds is 16. The molecule has 0 aromatic rings. The molecule has 0 aliphatic rings. The summed E-state index contributed by atoms with van der Waals surface area (Å²) in [6.07, 6.45) is 13.4. The fourth-order valence-corrected chi connectivity index (χ4v) is 2.64. The minimum absolute atomic E-state index is 0.368. The van der Waals surface area contributed by atoms with Gasteiger partial charge in [-0.25, -0.2) is 9.59 Å². The summed E-state index contributed by atoms with van der Waals surface area (Å²) in [5, 5.41) is 0. The van der Waals surface area contributed by atoms with Crippen molar-refractivity contribution in [3.63, 3.8) is 0 Å². The lowest BCUT2D eigenvalue weighted by atomic mass is 10.1. The van der Waals surface area contributed by atoms with Crippen molar-refractivity contribution in [2.75, 3.05) is 20.3 Å². The van der Waals surface area contributed by atoms with Gasteiger partial charge < -0.3 is 9.47 Å². The summed E-state index contributed by atoms with van der Waals surface area (Å²) < 4.78 is 10.5. The monoisotopic (exact) mass is 371 g/mol. The van der Waals surface area contributed by atoms with E-state index < -0.39 is 12.1 Å². The molecule has 0 aliphatic heterocycles. The molecular formula is C21H41NO4. The molecule has 1 atom stereocenters. The zero-order valence-corrected chi connectivity index (χ0v) is 17.6. The van der Waals surface area contributed by atoms with Crippen molar-refractivity contribution in [1.82, 2.24) is 4.90 Å². The SMILES string of the molecule is CCCCCCCCCCOC(=O)N(C)C(C)C(=O)OCCCCCC. The lowest BCUT2D eigenvalue weighted by Gasteiger charge is -2.22. The summed E-state index contributed by atoms with van der Waals surface area (Å²) in [6.45, 7) is 6.87. The van der Waals surface area contributed by atoms with Crippen LogP contribution in [0.15, 0.2) is 0 Å². The van der Waals surface area contributed by atoms with Gasteiger partial charge >= 0.3 is 12.1 Å². The lowest BCUT2D eigenvalue weighted by molar-refractivity contribution is -0.148. The molecule has 0 aromatic heterocycles. The fraction of sp³-hybridized carbons (Fsp3) is 0.905. The number of esters is 1. The molecule has 0 heterocycles. The Balaban J connectivity index is 3.74. The number of hydrogen-bond acceptors (Lipinski definition) is 4. The van der Waals surface area contributed by atoms with Gasteiger partial charge in [0.1, 0.15) is 6.04 Å². The van der Waals surface area contributed by atoms with Gasteiger partial charge in [0.15, 0.2) is 0 Å². The van der Waals surface area contributed by atoms with Gasteiger partial charge in [-0.05, 0) is 19.8 Å². The molecule has 154 valence electrons. The number of likely N-dealkylation sites (N-methyl/N-ethyl adjacent to an activating group) is 1. The molecule has 0 saturated heterocycles. The van der Waals surface area contributed by atoms with Crippen molar-refractivity contribution in [3.8, 4) is 0 Å². The van der Waals surface area contributed by atoms with Crippen LogP contribution in [-0.2, 0) is 14.3 Å². The fourth-order valence-electron chi connectivity index (χ4n) is 2.64. The van der Waals surface area contributed by atoms with Gasteiger partial charge in [-0.15, -0.1) is 0 Å². The van der Waals surface area contributed by atoms with Crippen molar-refractivity contribution in [2.24, 2.45) is 0 Å². The van der Waals surface area contributed by atoms with Gasteiger partial charge in [-0.2, -0.15) is 0 Å². The van der Waals surface area contributed by atoms with Crippen LogP contribution in [0.2, 0.25) is 0 Å². The number of nitrogens with zero attached hydrogens (tertiary/aromatic N) is 1. The zero-order chi connectivity index (χ0) is 19.6. The minimum Gasteiger partial charge on any atom is -0.464 e.